The maximum absolute atomic E-state index is 2.56. The summed E-state index contributed by atoms with van der Waals surface area (Å²) in [6.07, 6.45) is 2.58. The maximum Gasteiger partial charge on any atom is 0.00412 e. The molecule has 1 nitrogen and oxygen atoms in total. The quantitative estimate of drug-likeness (QED) is 0.610. The highest BCUT2D eigenvalue weighted by Gasteiger charge is 2.12. The van der Waals surface area contributed by atoms with Gasteiger partial charge >= 0.3 is 0 Å². The van der Waals surface area contributed by atoms with Crippen LogP contribution in [0.5, 0.6) is 0 Å². The van der Waals surface area contributed by atoms with Crippen molar-refractivity contribution in [2.24, 2.45) is 0 Å². The minimum atomic E-state index is 0.678. The first-order valence-corrected chi connectivity index (χ1v) is 5.50. The van der Waals surface area contributed by atoms with E-state index in [1.807, 2.05) is 0 Å². The molecule has 0 aromatic heterocycles. The van der Waals surface area contributed by atoms with E-state index in [9.17, 15) is 0 Å². The number of hydrogen-bond acceptors (Lipinski definition) is 1. The minimum absolute atomic E-state index is 0.678. The molecule has 0 spiro atoms. The number of rotatable bonds is 6. The van der Waals surface area contributed by atoms with Crippen LogP contribution in [-0.2, 0) is 0 Å². The van der Waals surface area contributed by atoms with Gasteiger partial charge in [-0.05, 0) is 53.0 Å². The van der Waals surface area contributed by atoms with Crippen molar-refractivity contribution in [3.8, 4) is 0 Å². The summed E-state index contributed by atoms with van der Waals surface area (Å²) in [6, 6.07) is 1.36. The second-order valence-electron chi connectivity index (χ2n) is 4.74. The topological polar surface area (TPSA) is 3.24 Å². The molecule has 0 bridgehead atoms. The fourth-order valence-electron chi connectivity index (χ4n) is 1.73. The van der Waals surface area contributed by atoms with E-state index < -0.39 is 0 Å². The summed E-state index contributed by atoms with van der Waals surface area (Å²) in [6.45, 7) is 14.8. The van der Waals surface area contributed by atoms with Crippen molar-refractivity contribution in [3.05, 3.63) is 5.92 Å². The highest BCUT2D eigenvalue weighted by atomic mass is 15.2. The smallest absolute Gasteiger partial charge is 0.00412 e. The van der Waals surface area contributed by atoms with Crippen LogP contribution in [-0.4, -0.2) is 23.5 Å². The Morgan fingerprint density at radius 2 is 1.46 bits per heavy atom. The van der Waals surface area contributed by atoms with Crippen molar-refractivity contribution < 1.29 is 0 Å². The Morgan fingerprint density at radius 1 is 1.00 bits per heavy atom. The summed E-state index contributed by atoms with van der Waals surface area (Å²) in [5.41, 5.74) is 0. The van der Waals surface area contributed by atoms with Crippen LogP contribution < -0.4 is 0 Å². The van der Waals surface area contributed by atoms with Gasteiger partial charge in [0.2, 0.25) is 0 Å². The van der Waals surface area contributed by atoms with Crippen molar-refractivity contribution in [2.45, 2.75) is 66.5 Å². The first kappa shape index (κ1) is 13.0. The first-order valence-electron chi connectivity index (χ1n) is 5.50. The van der Waals surface area contributed by atoms with Crippen molar-refractivity contribution in [1.82, 2.24) is 4.90 Å². The van der Waals surface area contributed by atoms with Gasteiger partial charge in [-0.15, -0.1) is 0 Å². The van der Waals surface area contributed by atoms with Crippen LogP contribution in [0.3, 0.4) is 0 Å². The molecular weight excluding hydrogens is 158 g/mol. The predicted molar refractivity (Wildman–Crippen MR) is 60.8 cm³/mol. The molecule has 0 amide bonds. The molecule has 0 aliphatic rings. The molecule has 13 heavy (non-hydrogen) atoms. The van der Waals surface area contributed by atoms with Gasteiger partial charge in [0.15, 0.2) is 0 Å². The zero-order valence-corrected chi connectivity index (χ0v) is 10.2. The predicted octanol–water partition coefficient (Wildman–Crippen LogP) is 3.50. The van der Waals surface area contributed by atoms with Crippen LogP contribution >= 0.6 is 0 Å². The van der Waals surface area contributed by atoms with Crippen LogP contribution in [0, 0.1) is 5.92 Å². The van der Waals surface area contributed by atoms with Gasteiger partial charge < -0.3 is 0 Å². The molecule has 0 aliphatic heterocycles. The van der Waals surface area contributed by atoms with Crippen molar-refractivity contribution in [1.29, 1.82) is 0 Å². The SMILES string of the molecule is C[C](C)CCCN(C(C)C)C(C)C. The first-order chi connectivity index (χ1) is 5.95. The summed E-state index contributed by atoms with van der Waals surface area (Å²) in [5.74, 6) is 1.55. The average Bonchev–Trinajstić information content (AvgIpc) is 1.95. The molecule has 0 saturated carbocycles. The third-order valence-corrected chi connectivity index (χ3v) is 2.42. The third kappa shape index (κ3) is 6.09. The van der Waals surface area contributed by atoms with Crippen LogP contribution in [0.4, 0.5) is 0 Å². The highest BCUT2D eigenvalue weighted by Crippen LogP contribution is 2.10. The summed E-state index contributed by atoms with van der Waals surface area (Å²) >= 11 is 0. The van der Waals surface area contributed by atoms with Crippen LogP contribution in [0.2, 0.25) is 0 Å². The average molecular weight is 184 g/mol. The molecule has 0 unspecified atom stereocenters. The lowest BCUT2D eigenvalue weighted by Gasteiger charge is -2.30. The van der Waals surface area contributed by atoms with Crippen LogP contribution in [0.25, 0.3) is 0 Å². The van der Waals surface area contributed by atoms with Crippen molar-refractivity contribution >= 4 is 0 Å². The molecule has 0 N–H and O–H groups in total. The lowest BCUT2D eigenvalue weighted by molar-refractivity contribution is 0.172. The standard InChI is InChI=1S/C12H26N/c1-10(2)8-7-9-13(11(3)4)12(5)6/h11-12H,7-9H2,1-6H3. The fraction of sp³-hybridized carbons (Fsp3) is 0.917. The molecule has 0 aliphatic carbocycles. The van der Waals surface area contributed by atoms with Gasteiger partial charge in [-0.2, -0.15) is 0 Å². The second-order valence-corrected chi connectivity index (χ2v) is 4.74. The Hall–Kier alpha value is -0.0400. The van der Waals surface area contributed by atoms with Crippen molar-refractivity contribution in [3.63, 3.8) is 0 Å². The van der Waals surface area contributed by atoms with Gasteiger partial charge in [-0.25, -0.2) is 0 Å². The fourth-order valence-corrected chi connectivity index (χ4v) is 1.73. The van der Waals surface area contributed by atoms with E-state index in [1.165, 1.54) is 19.4 Å². The van der Waals surface area contributed by atoms with Gasteiger partial charge in [0.25, 0.3) is 0 Å². The molecule has 0 saturated heterocycles. The summed E-state index contributed by atoms with van der Waals surface area (Å²) < 4.78 is 0. The lowest BCUT2D eigenvalue weighted by Crippen LogP contribution is -2.37. The molecule has 0 rings (SSSR count). The zero-order chi connectivity index (χ0) is 10.4. The third-order valence-electron chi connectivity index (χ3n) is 2.42. The van der Waals surface area contributed by atoms with E-state index in [-0.39, 0.29) is 0 Å². The zero-order valence-electron chi connectivity index (χ0n) is 10.2. The Morgan fingerprint density at radius 3 is 1.77 bits per heavy atom. The Labute approximate surface area is 84.5 Å². The monoisotopic (exact) mass is 184 g/mol. The van der Waals surface area contributed by atoms with Crippen LogP contribution in [0.15, 0.2) is 0 Å². The molecule has 1 heteroatoms. The highest BCUT2D eigenvalue weighted by molar-refractivity contribution is 4.77. The molecule has 0 fully saturated rings. The van der Waals surface area contributed by atoms with Gasteiger partial charge in [0, 0.05) is 12.1 Å². The molecular formula is C12H26N. The summed E-state index contributed by atoms with van der Waals surface area (Å²) in [5, 5.41) is 0. The van der Waals surface area contributed by atoms with Crippen LogP contribution in [0.1, 0.15) is 54.4 Å². The van der Waals surface area contributed by atoms with E-state index in [2.05, 4.69) is 46.4 Å². The molecule has 0 atom stereocenters. The van der Waals surface area contributed by atoms with E-state index in [0.717, 1.165) is 0 Å². The Balaban J connectivity index is 3.70. The largest absolute Gasteiger partial charge is 0.299 e. The van der Waals surface area contributed by atoms with Gasteiger partial charge in [-0.3, -0.25) is 4.90 Å². The minimum Gasteiger partial charge on any atom is -0.299 e. The van der Waals surface area contributed by atoms with E-state index >= 15 is 0 Å². The maximum atomic E-state index is 2.56. The van der Waals surface area contributed by atoms with Crippen molar-refractivity contribution in [2.75, 3.05) is 6.54 Å². The molecule has 0 heterocycles. The summed E-state index contributed by atoms with van der Waals surface area (Å²) in [4.78, 5) is 2.56. The van der Waals surface area contributed by atoms with E-state index in [4.69, 9.17) is 0 Å². The van der Waals surface area contributed by atoms with Gasteiger partial charge in [0.1, 0.15) is 0 Å². The number of hydrogen-bond donors (Lipinski definition) is 0. The normalized spacial score (nSPS) is 12.5. The molecule has 0 aromatic rings. The molecule has 0 aromatic carbocycles. The lowest BCUT2D eigenvalue weighted by atomic mass is 10.1. The molecule has 1 radical (unpaired) electrons. The Bertz CT molecular complexity index is 108. The van der Waals surface area contributed by atoms with E-state index in [1.54, 1.807) is 5.92 Å². The van der Waals surface area contributed by atoms with Gasteiger partial charge in [0.05, 0.1) is 0 Å². The summed E-state index contributed by atoms with van der Waals surface area (Å²) in [7, 11) is 0. The second kappa shape index (κ2) is 6.42. The number of nitrogens with zero attached hydrogens (tertiary/aromatic N) is 1. The Kier molecular flexibility index (Phi) is 6.40. The molecule has 79 valence electrons. The van der Waals surface area contributed by atoms with Gasteiger partial charge in [-0.1, -0.05) is 13.8 Å². The van der Waals surface area contributed by atoms with E-state index in [0.29, 0.717) is 12.1 Å².